The van der Waals surface area contributed by atoms with Gasteiger partial charge in [-0.1, -0.05) is 0 Å². The molecule has 0 atom stereocenters. The van der Waals surface area contributed by atoms with Gasteiger partial charge in [0.1, 0.15) is 0 Å². The van der Waals surface area contributed by atoms with Crippen molar-refractivity contribution in [1.29, 1.82) is 0 Å². The van der Waals surface area contributed by atoms with Crippen molar-refractivity contribution in [2.45, 2.75) is 44.2 Å². The van der Waals surface area contributed by atoms with Crippen LogP contribution in [0.5, 0.6) is 0 Å². The number of thioether (sulfide) groups is 1. The van der Waals surface area contributed by atoms with E-state index in [1.54, 1.807) is 0 Å². The van der Waals surface area contributed by atoms with E-state index >= 15 is 0 Å². The Bertz CT molecular complexity index is 458. The maximum absolute atomic E-state index is 4.84. The first-order valence-corrected chi connectivity index (χ1v) is 10.4. The van der Waals surface area contributed by atoms with Crippen molar-refractivity contribution in [1.82, 2.24) is 14.8 Å². The highest BCUT2D eigenvalue weighted by molar-refractivity contribution is 7.99. The molecule has 3 nitrogen and oxygen atoms in total. The molecule has 3 heterocycles. The molecule has 0 aromatic carbocycles. The second kappa shape index (κ2) is 6.57. The number of nitrogens with zero attached hydrogens (tertiary/aromatic N) is 3. The Morgan fingerprint density at radius 1 is 1.05 bits per heavy atom. The monoisotopic (exact) mass is 323 g/mol. The summed E-state index contributed by atoms with van der Waals surface area (Å²) in [5.41, 5.74) is 1.31. The minimum Gasteiger partial charge on any atom is -0.299 e. The van der Waals surface area contributed by atoms with Crippen LogP contribution in [0.3, 0.4) is 0 Å². The SMILES string of the molecule is c1sc(C2CC2)nc1CN1CCC(N2CCSCC2)CC1. The second-order valence-electron chi connectivity index (χ2n) is 6.61. The molecule has 0 spiro atoms. The molecular formula is C16H25N3S2. The van der Waals surface area contributed by atoms with Crippen molar-refractivity contribution in [3.05, 3.63) is 16.1 Å². The molecule has 0 bridgehead atoms. The summed E-state index contributed by atoms with van der Waals surface area (Å²) in [6, 6.07) is 0.847. The first-order chi connectivity index (χ1) is 10.4. The Kier molecular flexibility index (Phi) is 4.53. The van der Waals surface area contributed by atoms with Crippen LogP contribution in [-0.2, 0) is 6.54 Å². The summed E-state index contributed by atoms with van der Waals surface area (Å²) in [6.45, 7) is 6.21. The number of hydrogen-bond donors (Lipinski definition) is 0. The summed E-state index contributed by atoms with van der Waals surface area (Å²) < 4.78 is 0. The molecule has 4 rings (SSSR count). The van der Waals surface area contributed by atoms with Crippen molar-refractivity contribution in [3.63, 3.8) is 0 Å². The summed E-state index contributed by atoms with van der Waals surface area (Å²) in [7, 11) is 0. The largest absolute Gasteiger partial charge is 0.299 e. The molecule has 0 radical (unpaired) electrons. The quantitative estimate of drug-likeness (QED) is 0.848. The minimum absolute atomic E-state index is 0.812. The molecule has 1 aromatic rings. The Morgan fingerprint density at radius 3 is 2.52 bits per heavy atom. The number of piperidine rings is 1. The zero-order valence-corrected chi connectivity index (χ0v) is 14.3. The molecule has 3 fully saturated rings. The van der Waals surface area contributed by atoms with Crippen LogP contribution in [0.25, 0.3) is 0 Å². The van der Waals surface area contributed by atoms with Crippen molar-refractivity contribution >= 4 is 23.1 Å². The lowest BCUT2D eigenvalue weighted by Gasteiger charge is -2.39. The Labute approximate surface area is 136 Å². The van der Waals surface area contributed by atoms with E-state index in [0.717, 1.165) is 18.5 Å². The summed E-state index contributed by atoms with van der Waals surface area (Å²) in [6.07, 6.45) is 5.44. The molecule has 1 saturated carbocycles. The Balaban J connectivity index is 1.26. The van der Waals surface area contributed by atoms with E-state index < -0.39 is 0 Å². The van der Waals surface area contributed by atoms with Gasteiger partial charge in [-0.05, 0) is 25.7 Å². The van der Waals surface area contributed by atoms with Gasteiger partial charge >= 0.3 is 0 Å². The molecule has 3 aliphatic rings. The molecule has 1 aromatic heterocycles. The fourth-order valence-electron chi connectivity index (χ4n) is 3.53. The smallest absolute Gasteiger partial charge is 0.0959 e. The number of aromatic nitrogens is 1. The van der Waals surface area contributed by atoms with Gasteiger partial charge < -0.3 is 0 Å². The fraction of sp³-hybridized carbons (Fsp3) is 0.812. The highest BCUT2D eigenvalue weighted by atomic mass is 32.2. The first kappa shape index (κ1) is 14.5. The van der Waals surface area contributed by atoms with E-state index in [9.17, 15) is 0 Å². The van der Waals surface area contributed by atoms with E-state index in [0.29, 0.717) is 0 Å². The third-order valence-corrected chi connectivity index (χ3v) is 7.00. The van der Waals surface area contributed by atoms with Crippen molar-refractivity contribution in [2.24, 2.45) is 0 Å². The van der Waals surface area contributed by atoms with Gasteiger partial charge in [0.25, 0.3) is 0 Å². The molecular weight excluding hydrogens is 298 g/mol. The van der Waals surface area contributed by atoms with Gasteiger partial charge in [-0.2, -0.15) is 11.8 Å². The van der Waals surface area contributed by atoms with E-state index in [1.165, 1.54) is 74.1 Å². The average Bonchev–Trinajstić information content (AvgIpc) is 3.29. The zero-order valence-electron chi connectivity index (χ0n) is 12.7. The highest BCUT2D eigenvalue weighted by Crippen LogP contribution is 2.41. The van der Waals surface area contributed by atoms with Gasteiger partial charge in [0.05, 0.1) is 10.7 Å². The maximum Gasteiger partial charge on any atom is 0.0959 e. The summed E-state index contributed by atoms with van der Waals surface area (Å²) in [5.74, 6) is 3.48. The second-order valence-corrected chi connectivity index (χ2v) is 8.72. The lowest BCUT2D eigenvalue weighted by atomic mass is 10.0. The van der Waals surface area contributed by atoms with Crippen LogP contribution in [0, 0.1) is 0 Å². The van der Waals surface area contributed by atoms with E-state index in [1.807, 2.05) is 11.3 Å². The fourth-order valence-corrected chi connectivity index (χ4v) is 5.44. The first-order valence-electron chi connectivity index (χ1n) is 8.37. The molecule has 116 valence electrons. The van der Waals surface area contributed by atoms with Gasteiger partial charge in [0.2, 0.25) is 0 Å². The van der Waals surface area contributed by atoms with Crippen LogP contribution < -0.4 is 0 Å². The van der Waals surface area contributed by atoms with E-state index in [2.05, 4.69) is 26.9 Å². The van der Waals surface area contributed by atoms with Gasteiger partial charge in [-0.25, -0.2) is 4.98 Å². The Morgan fingerprint density at radius 2 is 1.81 bits per heavy atom. The van der Waals surface area contributed by atoms with Crippen molar-refractivity contribution < 1.29 is 0 Å². The predicted molar refractivity (Wildman–Crippen MR) is 91.3 cm³/mol. The third-order valence-electron chi connectivity index (χ3n) is 5.00. The van der Waals surface area contributed by atoms with E-state index in [4.69, 9.17) is 4.98 Å². The topological polar surface area (TPSA) is 19.4 Å². The van der Waals surface area contributed by atoms with E-state index in [-0.39, 0.29) is 0 Å². The van der Waals surface area contributed by atoms with Gasteiger partial charge in [-0.15, -0.1) is 11.3 Å². The highest BCUT2D eigenvalue weighted by Gasteiger charge is 2.28. The third kappa shape index (κ3) is 3.63. The molecule has 2 saturated heterocycles. The van der Waals surface area contributed by atoms with Crippen LogP contribution in [0.2, 0.25) is 0 Å². The number of hydrogen-bond acceptors (Lipinski definition) is 5. The predicted octanol–water partition coefficient (Wildman–Crippen LogP) is 3.03. The lowest BCUT2D eigenvalue weighted by molar-refractivity contribution is 0.112. The van der Waals surface area contributed by atoms with Crippen LogP contribution in [0.4, 0.5) is 0 Å². The maximum atomic E-state index is 4.84. The summed E-state index contributed by atoms with van der Waals surface area (Å²) in [4.78, 5) is 10.2. The molecule has 0 unspecified atom stereocenters. The van der Waals surface area contributed by atoms with Crippen LogP contribution in [-0.4, -0.2) is 58.5 Å². The Hall–Kier alpha value is -0.100. The van der Waals surface area contributed by atoms with Gasteiger partial charge in [0, 0.05) is 61.6 Å². The molecule has 21 heavy (non-hydrogen) atoms. The minimum atomic E-state index is 0.812. The number of likely N-dealkylation sites (tertiary alicyclic amines) is 1. The lowest BCUT2D eigenvalue weighted by Crippen LogP contribution is -2.47. The number of thiazole rings is 1. The van der Waals surface area contributed by atoms with Crippen molar-refractivity contribution in [2.75, 3.05) is 37.7 Å². The summed E-state index contributed by atoms with van der Waals surface area (Å²) in [5, 5.41) is 3.69. The van der Waals surface area contributed by atoms with Gasteiger partial charge in [-0.3, -0.25) is 9.80 Å². The van der Waals surface area contributed by atoms with Crippen LogP contribution in [0.15, 0.2) is 5.38 Å². The molecule has 2 aliphatic heterocycles. The normalized spacial score (nSPS) is 26.3. The molecule has 1 aliphatic carbocycles. The average molecular weight is 324 g/mol. The molecule has 0 amide bonds. The molecule has 0 N–H and O–H groups in total. The zero-order chi connectivity index (χ0) is 14.1. The van der Waals surface area contributed by atoms with Crippen LogP contribution >= 0.6 is 23.1 Å². The van der Waals surface area contributed by atoms with Crippen molar-refractivity contribution in [3.8, 4) is 0 Å². The standard InChI is InChI=1S/C16H25N3S2/c1-2-13(1)16-17-14(12-21-16)11-18-5-3-15(4-6-18)19-7-9-20-10-8-19/h12-13,15H,1-11H2. The molecule has 5 heteroatoms. The van der Waals surface area contributed by atoms with Gasteiger partial charge in [0.15, 0.2) is 0 Å². The summed E-state index contributed by atoms with van der Waals surface area (Å²) >= 11 is 4.00. The van der Waals surface area contributed by atoms with Crippen LogP contribution in [0.1, 0.15) is 42.3 Å². The number of rotatable bonds is 4.